The summed E-state index contributed by atoms with van der Waals surface area (Å²) in [7, 11) is 0. The number of rotatable bonds is 3. The number of hydrogen-bond donors (Lipinski definition) is 1. The van der Waals surface area contributed by atoms with Gasteiger partial charge in [0.2, 0.25) is 0 Å². The Morgan fingerprint density at radius 1 is 1.44 bits per heavy atom. The Bertz CT molecular complexity index is 516. The molecular formula is C12H11NO3. The van der Waals surface area contributed by atoms with Crippen LogP contribution in [0.25, 0.3) is 11.3 Å². The van der Waals surface area contributed by atoms with Gasteiger partial charge in [0.1, 0.15) is 5.56 Å². The maximum Gasteiger partial charge on any atom is 0.341 e. The van der Waals surface area contributed by atoms with Crippen LogP contribution in [-0.2, 0) is 6.42 Å². The van der Waals surface area contributed by atoms with Crippen molar-refractivity contribution in [1.29, 1.82) is 0 Å². The normalized spacial score (nSPS) is 10.3. The number of aryl methyl sites for hydroxylation is 1. The predicted octanol–water partition coefficient (Wildman–Crippen LogP) is 2.60. The summed E-state index contributed by atoms with van der Waals surface area (Å²) in [5.41, 5.74) is 1.93. The van der Waals surface area contributed by atoms with E-state index in [-0.39, 0.29) is 5.56 Å². The molecule has 0 aliphatic carbocycles. The second-order valence-corrected chi connectivity index (χ2v) is 3.38. The molecule has 4 heteroatoms. The Morgan fingerprint density at radius 3 is 2.88 bits per heavy atom. The average molecular weight is 217 g/mol. The molecule has 0 spiro atoms. The van der Waals surface area contributed by atoms with Gasteiger partial charge in [-0.3, -0.25) is 0 Å². The van der Waals surface area contributed by atoms with E-state index in [0.717, 1.165) is 17.5 Å². The SMILES string of the molecule is CCc1ccccc1-c1oncc1C(=O)O. The number of carboxylic acids is 1. The van der Waals surface area contributed by atoms with E-state index < -0.39 is 5.97 Å². The topological polar surface area (TPSA) is 63.3 Å². The van der Waals surface area contributed by atoms with E-state index >= 15 is 0 Å². The highest BCUT2D eigenvalue weighted by Gasteiger charge is 2.18. The van der Waals surface area contributed by atoms with Crippen molar-refractivity contribution in [1.82, 2.24) is 5.16 Å². The van der Waals surface area contributed by atoms with E-state index in [9.17, 15) is 4.79 Å². The number of nitrogens with zero attached hydrogens (tertiary/aromatic N) is 1. The molecule has 16 heavy (non-hydrogen) atoms. The van der Waals surface area contributed by atoms with Crippen molar-refractivity contribution < 1.29 is 14.4 Å². The van der Waals surface area contributed by atoms with E-state index in [1.807, 2.05) is 31.2 Å². The highest BCUT2D eigenvalue weighted by molar-refractivity contribution is 5.94. The fourth-order valence-electron chi connectivity index (χ4n) is 1.64. The molecule has 4 nitrogen and oxygen atoms in total. The molecule has 82 valence electrons. The zero-order valence-corrected chi connectivity index (χ0v) is 8.80. The van der Waals surface area contributed by atoms with Crippen LogP contribution in [-0.4, -0.2) is 16.2 Å². The highest BCUT2D eigenvalue weighted by atomic mass is 16.5. The lowest BCUT2D eigenvalue weighted by Crippen LogP contribution is -1.97. The molecule has 0 bridgehead atoms. The molecule has 2 aromatic rings. The molecular weight excluding hydrogens is 206 g/mol. The summed E-state index contributed by atoms with van der Waals surface area (Å²) in [6.07, 6.45) is 2.04. The average Bonchev–Trinajstić information content (AvgIpc) is 2.77. The molecule has 0 radical (unpaired) electrons. The van der Waals surface area contributed by atoms with Gasteiger partial charge in [0.05, 0.1) is 6.20 Å². The van der Waals surface area contributed by atoms with Crippen molar-refractivity contribution >= 4 is 5.97 Å². The number of aromatic nitrogens is 1. The Balaban J connectivity index is 2.58. The van der Waals surface area contributed by atoms with Gasteiger partial charge in [0.25, 0.3) is 0 Å². The van der Waals surface area contributed by atoms with Crippen molar-refractivity contribution in [3.8, 4) is 11.3 Å². The van der Waals surface area contributed by atoms with Gasteiger partial charge < -0.3 is 9.63 Å². The fraction of sp³-hybridized carbons (Fsp3) is 0.167. The van der Waals surface area contributed by atoms with Crippen molar-refractivity contribution in [3.63, 3.8) is 0 Å². The van der Waals surface area contributed by atoms with Crippen LogP contribution in [0.2, 0.25) is 0 Å². The minimum Gasteiger partial charge on any atom is -0.477 e. The molecule has 0 saturated heterocycles. The molecule has 0 fully saturated rings. The van der Waals surface area contributed by atoms with Crippen molar-refractivity contribution in [2.75, 3.05) is 0 Å². The largest absolute Gasteiger partial charge is 0.477 e. The molecule has 0 amide bonds. The van der Waals surface area contributed by atoms with Crippen LogP contribution >= 0.6 is 0 Å². The second kappa shape index (κ2) is 4.18. The molecule has 1 aromatic carbocycles. The Morgan fingerprint density at radius 2 is 2.19 bits per heavy atom. The number of aromatic carboxylic acids is 1. The van der Waals surface area contributed by atoms with E-state index in [0.29, 0.717) is 5.76 Å². The van der Waals surface area contributed by atoms with Crippen LogP contribution in [0, 0.1) is 0 Å². The lowest BCUT2D eigenvalue weighted by molar-refractivity contribution is 0.0697. The molecule has 1 aromatic heterocycles. The first-order valence-corrected chi connectivity index (χ1v) is 5.00. The molecule has 0 atom stereocenters. The Kier molecular flexibility index (Phi) is 2.72. The fourth-order valence-corrected chi connectivity index (χ4v) is 1.64. The van der Waals surface area contributed by atoms with Gasteiger partial charge in [-0.2, -0.15) is 0 Å². The highest BCUT2D eigenvalue weighted by Crippen LogP contribution is 2.27. The van der Waals surface area contributed by atoms with Crippen molar-refractivity contribution in [2.24, 2.45) is 0 Å². The minimum absolute atomic E-state index is 0.0981. The summed E-state index contributed by atoms with van der Waals surface area (Å²) in [5, 5.41) is 12.5. The molecule has 2 rings (SSSR count). The minimum atomic E-state index is -1.03. The van der Waals surface area contributed by atoms with E-state index in [1.54, 1.807) is 0 Å². The Hall–Kier alpha value is -2.10. The van der Waals surface area contributed by atoms with Crippen LogP contribution in [0.5, 0.6) is 0 Å². The van der Waals surface area contributed by atoms with Gasteiger partial charge in [-0.1, -0.05) is 36.3 Å². The van der Waals surface area contributed by atoms with E-state index in [4.69, 9.17) is 9.63 Å². The van der Waals surface area contributed by atoms with Crippen LogP contribution < -0.4 is 0 Å². The van der Waals surface area contributed by atoms with Gasteiger partial charge in [-0.25, -0.2) is 4.79 Å². The van der Waals surface area contributed by atoms with Gasteiger partial charge in [-0.15, -0.1) is 0 Å². The van der Waals surface area contributed by atoms with Crippen LogP contribution in [0.3, 0.4) is 0 Å². The first kappa shape index (κ1) is 10.4. The summed E-state index contributed by atoms with van der Waals surface area (Å²) in [5.74, 6) is -0.702. The van der Waals surface area contributed by atoms with E-state index in [2.05, 4.69) is 5.16 Å². The van der Waals surface area contributed by atoms with Crippen LogP contribution in [0.1, 0.15) is 22.8 Å². The summed E-state index contributed by atoms with van der Waals surface area (Å²) in [6, 6.07) is 7.55. The molecule has 0 saturated carbocycles. The number of carbonyl (C=O) groups is 1. The molecule has 0 aliphatic rings. The molecule has 1 N–H and O–H groups in total. The second-order valence-electron chi connectivity index (χ2n) is 3.38. The molecule has 0 aliphatic heterocycles. The third kappa shape index (κ3) is 1.69. The lowest BCUT2D eigenvalue weighted by Gasteiger charge is -2.04. The third-order valence-electron chi connectivity index (χ3n) is 2.44. The quantitative estimate of drug-likeness (QED) is 0.858. The first-order valence-electron chi connectivity index (χ1n) is 5.00. The maximum absolute atomic E-state index is 11.0. The van der Waals surface area contributed by atoms with E-state index in [1.165, 1.54) is 6.20 Å². The first-order chi connectivity index (χ1) is 7.74. The third-order valence-corrected chi connectivity index (χ3v) is 2.44. The summed E-state index contributed by atoms with van der Waals surface area (Å²) in [4.78, 5) is 11.0. The maximum atomic E-state index is 11.0. The lowest BCUT2D eigenvalue weighted by atomic mass is 10.0. The Labute approximate surface area is 92.5 Å². The zero-order chi connectivity index (χ0) is 11.5. The van der Waals surface area contributed by atoms with Gasteiger partial charge in [0, 0.05) is 5.56 Å². The van der Waals surface area contributed by atoms with Crippen LogP contribution in [0.4, 0.5) is 0 Å². The van der Waals surface area contributed by atoms with Crippen LogP contribution in [0.15, 0.2) is 35.0 Å². The summed E-state index contributed by atoms with van der Waals surface area (Å²) >= 11 is 0. The van der Waals surface area contributed by atoms with Gasteiger partial charge in [-0.05, 0) is 12.0 Å². The number of hydrogen-bond acceptors (Lipinski definition) is 3. The number of carboxylic acid groups (broad SMARTS) is 1. The predicted molar refractivity (Wildman–Crippen MR) is 58.3 cm³/mol. The summed E-state index contributed by atoms with van der Waals surface area (Å²) in [6.45, 7) is 2.01. The monoisotopic (exact) mass is 217 g/mol. The molecule has 0 unspecified atom stereocenters. The number of benzene rings is 1. The smallest absolute Gasteiger partial charge is 0.341 e. The zero-order valence-electron chi connectivity index (χ0n) is 8.80. The summed E-state index contributed by atoms with van der Waals surface area (Å²) < 4.78 is 5.02. The van der Waals surface area contributed by atoms with Crippen molar-refractivity contribution in [2.45, 2.75) is 13.3 Å². The van der Waals surface area contributed by atoms with Gasteiger partial charge >= 0.3 is 5.97 Å². The standard InChI is InChI=1S/C12H11NO3/c1-2-8-5-3-4-6-9(8)11-10(12(14)15)7-13-16-11/h3-7H,2H2,1H3,(H,14,15). The van der Waals surface area contributed by atoms with Crippen molar-refractivity contribution in [3.05, 3.63) is 41.6 Å². The van der Waals surface area contributed by atoms with Gasteiger partial charge in [0.15, 0.2) is 5.76 Å². The molecule has 1 heterocycles.